The van der Waals surface area contributed by atoms with E-state index in [1.807, 2.05) is 18.2 Å². The van der Waals surface area contributed by atoms with Crippen molar-refractivity contribution in [2.24, 2.45) is 0 Å². The molecule has 0 heterocycles. The third-order valence-corrected chi connectivity index (χ3v) is 4.60. The van der Waals surface area contributed by atoms with Crippen LogP contribution in [0, 0.1) is 18.3 Å². The van der Waals surface area contributed by atoms with Crippen LogP contribution in [0.25, 0.3) is 0 Å². The van der Waals surface area contributed by atoms with Crippen molar-refractivity contribution in [1.82, 2.24) is 0 Å². The quantitative estimate of drug-likeness (QED) is 0.750. The maximum atomic E-state index is 8.81. The molecule has 0 aromatic heterocycles. The van der Waals surface area contributed by atoms with E-state index in [-0.39, 0.29) is 0 Å². The molecule has 1 nitrogen and oxygen atoms in total. The van der Waals surface area contributed by atoms with E-state index in [9.17, 15) is 0 Å². The van der Waals surface area contributed by atoms with Gasteiger partial charge in [-0.1, -0.05) is 29.8 Å². The van der Waals surface area contributed by atoms with Crippen LogP contribution in [0.5, 0.6) is 0 Å². The van der Waals surface area contributed by atoms with Gasteiger partial charge in [-0.15, -0.1) is 11.8 Å². The molecule has 0 aliphatic rings. The Bertz CT molecular complexity index is 602. The summed E-state index contributed by atoms with van der Waals surface area (Å²) in [5.74, 6) is 0.937. The number of nitrogens with zero attached hydrogens (tertiary/aromatic N) is 1. The Morgan fingerprint density at radius 3 is 2.72 bits per heavy atom. The van der Waals surface area contributed by atoms with Crippen molar-refractivity contribution in [3.8, 4) is 6.07 Å². The van der Waals surface area contributed by atoms with Crippen LogP contribution < -0.4 is 0 Å². The van der Waals surface area contributed by atoms with Crippen LogP contribution in [-0.4, -0.2) is 0 Å². The number of rotatable bonds is 3. The smallest absolute Gasteiger partial charge is 0.0992 e. The van der Waals surface area contributed by atoms with E-state index in [2.05, 4.69) is 53.2 Å². The van der Waals surface area contributed by atoms with Gasteiger partial charge in [0.05, 0.1) is 11.6 Å². The Hall–Kier alpha value is -1.24. The Morgan fingerprint density at radius 1 is 1.22 bits per heavy atom. The lowest BCUT2D eigenvalue weighted by Crippen LogP contribution is -1.83. The van der Waals surface area contributed by atoms with Crippen molar-refractivity contribution in [3.05, 3.63) is 63.6 Å². The fraction of sp³-hybridized carbons (Fsp3) is 0.133. The molecule has 18 heavy (non-hydrogen) atoms. The fourth-order valence-corrected chi connectivity index (χ4v) is 3.24. The van der Waals surface area contributed by atoms with Gasteiger partial charge in [-0.2, -0.15) is 5.26 Å². The summed E-state index contributed by atoms with van der Waals surface area (Å²) in [6, 6.07) is 16.4. The summed E-state index contributed by atoms with van der Waals surface area (Å²) >= 11 is 5.28. The molecule has 0 N–H and O–H groups in total. The molecule has 0 radical (unpaired) electrons. The van der Waals surface area contributed by atoms with E-state index in [0.717, 1.165) is 15.1 Å². The van der Waals surface area contributed by atoms with Crippen LogP contribution >= 0.6 is 27.7 Å². The van der Waals surface area contributed by atoms with Gasteiger partial charge in [0.2, 0.25) is 0 Å². The lowest BCUT2D eigenvalue weighted by Gasteiger charge is -2.05. The number of nitriles is 1. The highest BCUT2D eigenvalue weighted by Crippen LogP contribution is 2.30. The normalized spacial score (nSPS) is 10.1. The van der Waals surface area contributed by atoms with Crippen LogP contribution in [0.4, 0.5) is 0 Å². The molecule has 0 unspecified atom stereocenters. The Kier molecular flexibility index (Phi) is 4.46. The van der Waals surface area contributed by atoms with Crippen LogP contribution in [0.1, 0.15) is 16.7 Å². The SMILES string of the molecule is Cc1cccc(CSc2ccc(C#N)cc2Br)c1. The number of thioether (sulfide) groups is 1. The molecule has 0 saturated heterocycles. The molecule has 0 amide bonds. The number of hydrogen-bond acceptors (Lipinski definition) is 2. The van der Waals surface area contributed by atoms with Gasteiger partial charge in [-0.25, -0.2) is 0 Å². The second-order valence-corrected chi connectivity index (χ2v) is 5.91. The summed E-state index contributed by atoms with van der Waals surface area (Å²) in [6.07, 6.45) is 0. The molecule has 0 saturated carbocycles. The average Bonchev–Trinajstić information content (AvgIpc) is 2.37. The van der Waals surface area contributed by atoms with Crippen molar-refractivity contribution >= 4 is 27.7 Å². The maximum Gasteiger partial charge on any atom is 0.0992 e. The van der Waals surface area contributed by atoms with Crippen LogP contribution in [0.2, 0.25) is 0 Å². The number of benzene rings is 2. The fourth-order valence-electron chi connectivity index (χ4n) is 1.65. The molecule has 2 aromatic carbocycles. The molecule has 0 aliphatic carbocycles. The molecule has 0 bridgehead atoms. The summed E-state index contributed by atoms with van der Waals surface area (Å²) in [4.78, 5) is 1.16. The van der Waals surface area contributed by atoms with Crippen LogP contribution in [0.3, 0.4) is 0 Å². The first-order valence-electron chi connectivity index (χ1n) is 5.57. The highest BCUT2D eigenvalue weighted by molar-refractivity contribution is 9.10. The minimum atomic E-state index is 0.682. The first kappa shape index (κ1) is 13.2. The average molecular weight is 318 g/mol. The summed E-state index contributed by atoms with van der Waals surface area (Å²) in [5.41, 5.74) is 3.28. The number of hydrogen-bond donors (Lipinski definition) is 0. The zero-order valence-corrected chi connectivity index (χ0v) is 12.4. The largest absolute Gasteiger partial charge is 0.192 e. The molecule has 90 valence electrons. The third-order valence-electron chi connectivity index (χ3n) is 2.54. The van der Waals surface area contributed by atoms with Crippen LogP contribution in [-0.2, 0) is 5.75 Å². The van der Waals surface area contributed by atoms with Crippen molar-refractivity contribution < 1.29 is 0 Å². The molecule has 0 fully saturated rings. The first-order valence-corrected chi connectivity index (χ1v) is 7.35. The van der Waals surface area contributed by atoms with Gasteiger partial charge in [0.1, 0.15) is 0 Å². The first-order chi connectivity index (χ1) is 8.69. The lowest BCUT2D eigenvalue weighted by molar-refractivity contribution is 1.32. The van der Waals surface area contributed by atoms with Gasteiger partial charge >= 0.3 is 0 Å². The predicted octanol–water partition coefficient (Wildman–Crippen LogP) is 4.92. The second kappa shape index (κ2) is 6.08. The highest BCUT2D eigenvalue weighted by Gasteiger charge is 2.03. The van der Waals surface area contributed by atoms with Crippen molar-refractivity contribution in [1.29, 1.82) is 5.26 Å². The minimum Gasteiger partial charge on any atom is -0.192 e. The molecule has 2 rings (SSSR count). The van der Waals surface area contributed by atoms with E-state index < -0.39 is 0 Å². The Labute approximate surface area is 120 Å². The molecule has 0 aliphatic heterocycles. The maximum absolute atomic E-state index is 8.81. The third kappa shape index (κ3) is 3.38. The lowest BCUT2D eigenvalue weighted by atomic mass is 10.2. The Balaban J connectivity index is 2.09. The molecule has 2 aromatic rings. The van der Waals surface area contributed by atoms with Crippen molar-refractivity contribution in [3.63, 3.8) is 0 Å². The monoisotopic (exact) mass is 317 g/mol. The van der Waals surface area contributed by atoms with Gasteiger partial charge in [0, 0.05) is 15.1 Å². The van der Waals surface area contributed by atoms with Crippen molar-refractivity contribution in [2.75, 3.05) is 0 Å². The second-order valence-electron chi connectivity index (χ2n) is 4.03. The minimum absolute atomic E-state index is 0.682. The van der Waals surface area contributed by atoms with Gasteiger partial charge in [0.15, 0.2) is 0 Å². The molecule has 0 spiro atoms. The van der Waals surface area contributed by atoms with Crippen LogP contribution in [0.15, 0.2) is 51.8 Å². The molecular weight excluding hydrogens is 306 g/mol. The van der Waals surface area contributed by atoms with E-state index in [1.165, 1.54) is 11.1 Å². The van der Waals surface area contributed by atoms with Gasteiger partial charge < -0.3 is 0 Å². The van der Waals surface area contributed by atoms with E-state index in [4.69, 9.17) is 5.26 Å². The molecule has 0 atom stereocenters. The van der Waals surface area contributed by atoms with E-state index in [1.54, 1.807) is 11.8 Å². The topological polar surface area (TPSA) is 23.8 Å². The summed E-state index contributed by atoms with van der Waals surface area (Å²) < 4.78 is 0.985. The zero-order chi connectivity index (χ0) is 13.0. The van der Waals surface area contributed by atoms with Gasteiger partial charge in [-0.05, 0) is 46.6 Å². The molecule has 3 heteroatoms. The number of halogens is 1. The summed E-state index contributed by atoms with van der Waals surface area (Å²) in [7, 11) is 0. The van der Waals surface area contributed by atoms with Gasteiger partial charge in [-0.3, -0.25) is 0 Å². The number of aryl methyl sites for hydroxylation is 1. The van der Waals surface area contributed by atoms with Gasteiger partial charge in [0.25, 0.3) is 0 Å². The Morgan fingerprint density at radius 2 is 2.06 bits per heavy atom. The highest BCUT2D eigenvalue weighted by atomic mass is 79.9. The summed E-state index contributed by atoms with van der Waals surface area (Å²) in [6.45, 7) is 2.10. The van der Waals surface area contributed by atoms with E-state index >= 15 is 0 Å². The molecular formula is C15H12BrNS. The van der Waals surface area contributed by atoms with Crippen molar-refractivity contribution in [2.45, 2.75) is 17.6 Å². The summed E-state index contributed by atoms with van der Waals surface area (Å²) in [5, 5.41) is 8.81. The zero-order valence-electron chi connectivity index (χ0n) is 9.98. The standard InChI is InChI=1S/C15H12BrNS/c1-11-3-2-4-13(7-11)10-18-15-6-5-12(9-17)8-14(15)16/h2-8H,10H2,1H3. The van der Waals surface area contributed by atoms with E-state index in [0.29, 0.717) is 5.56 Å². The predicted molar refractivity (Wildman–Crippen MR) is 79.6 cm³/mol.